The number of aromatic nitrogens is 3. The van der Waals surface area contributed by atoms with Crippen molar-refractivity contribution in [2.45, 2.75) is 13.0 Å². The maximum Gasteiger partial charge on any atom is 0.205 e. The van der Waals surface area contributed by atoms with Crippen LogP contribution >= 0.6 is 12.4 Å². The molecule has 1 fully saturated rings. The summed E-state index contributed by atoms with van der Waals surface area (Å²) in [5.41, 5.74) is 1.80. The van der Waals surface area contributed by atoms with E-state index in [4.69, 9.17) is 0 Å². The Morgan fingerprint density at radius 3 is 3.12 bits per heavy atom. The largest absolute Gasteiger partial charge is 0.340 e. The number of H-pyrrole nitrogens is 1. The standard InChI is InChI=1S/C11H15N5.ClH/c1-8-7-16(6-5-12-8)11-14-9-3-2-4-13-10(9)15-11;/h2-4,8,12H,5-7H2,1H3,(H,13,14,15);1H. The lowest BCUT2D eigenvalue weighted by Gasteiger charge is -2.31. The number of anilines is 1. The van der Waals surface area contributed by atoms with Crippen LogP contribution in [0.3, 0.4) is 0 Å². The zero-order chi connectivity index (χ0) is 11.0. The van der Waals surface area contributed by atoms with Gasteiger partial charge in [0.1, 0.15) is 0 Å². The van der Waals surface area contributed by atoms with E-state index in [-0.39, 0.29) is 12.4 Å². The van der Waals surface area contributed by atoms with Gasteiger partial charge in [0.15, 0.2) is 5.65 Å². The molecule has 0 bridgehead atoms. The van der Waals surface area contributed by atoms with Crippen molar-refractivity contribution in [3.05, 3.63) is 18.3 Å². The summed E-state index contributed by atoms with van der Waals surface area (Å²) in [5, 5.41) is 3.42. The zero-order valence-electron chi connectivity index (χ0n) is 9.68. The second kappa shape index (κ2) is 4.89. The maximum absolute atomic E-state index is 4.50. The van der Waals surface area contributed by atoms with Crippen LogP contribution in [0, 0.1) is 0 Å². The van der Waals surface area contributed by atoms with E-state index in [1.165, 1.54) is 0 Å². The molecule has 1 unspecified atom stereocenters. The van der Waals surface area contributed by atoms with Gasteiger partial charge in [-0.1, -0.05) is 0 Å². The van der Waals surface area contributed by atoms with Crippen molar-refractivity contribution in [3.63, 3.8) is 0 Å². The van der Waals surface area contributed by atoms with E-state index in [2.05, 4.69) is 32.1 Å². The number of pyridine rings is 1. The van der Waals surface area contributed by atoms with Crippen molar-refractivity contribution in [3.8, 4) is 0 Å². The lowest BCUT2D eigenvalue weighted by Crippen LogP contribution is -2.49. The number of hydrogen-bond donors (Lipinski definition) is 2. The molecule has 3 rings (SSSR count). The van der Waals surface area contributed by atoms with Crippen LogP contribution in [0.2, 0.25) is 0 Å². The molecule has 17 heavy (non-hydrogen) atoms. The number of rotatable bonds is 1. The van der Waals surface area contributed by atoms with Crippen LogP contribution in [0.4, 0.5) is 5.95 Å². The summed E-state index contributed by atoms with van der Waals surface area (Å²) in [5.74, 6) is 0.932. The van der Waals surface area contributed by atoms with Crippen molar-refractivity contribution in [1.82, 2.24) is 20.3 Å². The number of nitrogens with zero attached hydrogens (tertiary/aromatic N) is 3. The lowest BCUT2D eigenvalue weighted by molar-refractivity contribution is 0.480. The molecule has 0 aliphatic carbocycles. The van der Waals surface area contributed by atoms with Gasteiger partial charge in [0, 0.05) is 31.9 Å². The molecule has 1 aliphatic heterocycles. The average Bonchev–Trinajstić information content (AvgIpc) is 2.72. The highest BCUT2D eigenvalue weighted by Crippen LogP contribution is 2.16. The van der Waals surface area contributed by atoms with Gasteiger partial charge in [0.2, 0.25) is 5.95 Å². The molecule has 0 amide bonds. The SMILES string of the molecule is CC1CN(c2nc3ncccc3[nH]2)CCN1.Cl. The van der Waals surface area contributed by atoms with Crippen LogP contribution in [0.25, 0.3) is 11.2 Å². The fourth-order valence-corrected chi connectivity index (χ4v) is 2.11. The summed E-state index contributed by atoms with van der Waals surface area (Å²) in [6, 6.07) is 4.43. The fraction of sp³-hybridized carbons (Fsp3) is 0.455. The van der Waals surface area contributed by atoms with Crippen molar-refractivity contribution < 1.29 is 0 Å². The van der Waals surface area contributed by atoms with Crippen molar-refractivity contribution >= 4 is 29.5 Å². The van der Waals surface area contributed by atoms with Crippen LogP contribution in [-0.2, 0) is 0 Å². The minimum absolute atomic E-state index is 0. The minimum atomic E-state index is 0. The van der Waals surface area contributed by atoms with E-state index >= 15 is 0 Å². The smallest absolute Gasteiger partial charge is 0.205 e. The first kappa shape index (κ1) is 12.1. The molecular formula is C11H16ClN5. The maximum atomic E-state index is 4.50. The van der Waals surface area contributed by atoms with E-state index in [9.17, 15) is 0 Å². The van der Waals surface area contributed by atoms with Crippen molar-refractivity contribution in [2.75, 3.05) is 24.5 Å². The molecular weight excluding hydrogens is 238 g/mol. The molecule has 6 heteroatoms. The van der Waals surface area contributed by atoms with Crippen LogP contribution < -0.4 is 10.2 Å². The minimum Gasteiger partial charge on any atom is -0.340 e. The summed E-state index contributed by atoms with van der Waals surface area (Å²) in [4.78, 5) is 14.3. The van der Waals surface area contributed by atoms with Crippen molar-refractivity contribution in [1.29, 1.82) is 0 Å². The summed E-state index contributed by atoms with van der Waals surface area (Å²) < 4.78 is 0. The third kappa shape index (κ3) is 2.35. The zero-order valence-corrected chi connectivity index (χ0v) is 10.5. The van der Waals surface area contributed by atoms with E-state index < -0.39 is 0 Å². The summed E-state index contributed by atoms with van der Waals surface area (Å²) in [7, 11) is 0. The van der Waals surface area contributed by atoms with E-state index in [0.29, 0.717) is 6.04 Å². The Morgan fingerprint density at radius 2 is 2.35 bits per heavy atom. The van der Waals surface area contributed by atoms with Gasteiger partial charge < -0.3 is 15.2 Å². The lowest BCUT2D eigenvalue weighted by atomic mass is 10.2. The third-order valence-electron chi connectivity index (χ3n) is 2.91. The molecule has 0 saturated carbocycles. The van der Waals surface area contributed by atoms with Crippen LogP contribution in [-0.4, -0.2) is 40.6 Å². The van der Waals surface area contributed by atoms with Crippen molar-refractivity contribution in [2.24, 2.45) is 0 Å². The second-order valence-electron chi connectivity index (χ2n) is 4.24. The first-order valence-corrected chi connectivity index (χ1v) is 5.62. The van der Waals surface area contributed by atoms with Crippen LogP contribution in [0.1, 0.15) is 6.92 Å². The number of hydrogen-bond acceptors (Lipinski definition) is 4. The Balaban J connectivity index is 0.00000108. The Hall–Kier alpha value is -1.33. The van der Waals surface area contributed by atoms with Gasteiger partial charge in [-0.25, -0.2) is 4.98 Å². The number of nitrogens with one attached hydrogen (secondary N) is 2. The first-order chi connectivity index (χ1) is 7.83. The van der Waals surface area contributed by atoms with Gasteiger partial charge in [-0.2, -0.15) is 4.98 Å². The normalized spacial score (nSPS) is 20.3. The summed E-state index contributed by atoms with van der Waals surface area (Å²) in [6.45, 7) is 5.17. The Labute approximate surface area is 106 Å². The molecule has 0 spiro atoms. The third-order valence-corrected chi connectivity index (χ3v) is 2.91. The number of piperazine rings is 1. The predicted molar refractivity (Wildman–Crippen MR) is 70.8 cm³/mol. The highest BCUT2D eigenvalue weighted by Gasteiger charge is 2.18. The highest BCUT2D eigenvalue weighted by molar-refractivity contribution is 5.85. The monoisotopic (exact) mass is 253 g/mol. The second-order valence-corrected chi connectivity index (χ2v) is 4.24. The Morgan fingerprint density at radius 1 is 1.47 bits per heavy atom. The Kier molecular flexibility index (Phi) is 3.49. The molecule has 0 aromatic carbocycles. The van der Waals surface area contributed by atoms with Gasteiger partial charge in [-0.3, -0.25) is 0 Å². The van der Waals surface area contributed by atoms with Crippen LogP contribution in [0.15, 0.2) is 18.3 Å². The van der Waals surface area contributed by atoms with Gasteiger partial charge in [0.05, 0.1) is 5.52 Å². The van der Waals surface area contributed by atoms with E-state index in [1.54, 1.807) is 6.20 Å². The summed E-state index contributed by atoms with van der Waals surface area (Å²) in [6.07, 6.45) is 1.77. The number of halogens is 1. The molecule has 5 nitrogen and oxygen atoms in total. The number of fused-ring (bicyclic) bond motifs is 1. The fourth-order valence-electron chi connectivity index (χ4n) is 2.11. The van der Waals surface area contributed by atoms with Crippen LogP contribution in [0.5, 0.6) is 0 Å². The molecule has 0 radical (unpaired) electrons. The van der Waals surface area contributed by atoms with Gasteiger partial charge >= 0.3 is 0 Å². The summed E-state index contributed by atoms with van der Waals surface area (Å²) >= 11 is 0. The van der Waals surface area contributed by atoms with Gasteiger partial charge in [0.25, 0.3) is 0 Å². The molecule has 1 atom stereocenters. The molecule has 92 valence electrons. The van der Waals surface area contributed by atoms with Gasteiger partial charge in [-0.05, 0) is 19.1 Å². The quantitative estimate of drug-likeness (QED) is 0.801. The van der Waals surface area contributed by atoms with E-state index in [0.717, 1.165) is 36.7 Å². The molecule has 3 heterocycles. The number of imidazole rings is 1. The Bertz CT molecular complexity index is 464. The molecule has 1 aliphatic rings. The van der Waals surface area contributed by atoms with Gasteiger partial charge in [-0.15, -0.1) is 12.4 Å². The number of aromatic amines is 1. The van der Waals surface area contributed by atoms with E-state index in [1.807, 2.05) is 12.1 Å². The molecule has 2 N–H and O–H groups in total. The molecule has 2 aromatic heterocycles. The molecule has 2 aromatic rings. The first-order valence-electron chi connectivity index (χ1n) is 5.62. The topological polar surface area (TPSA) is 56.8 Å². The molecule has 1 saturated heterocycles. The average molecular weight is 254 g/mol. The highest BCUT2D eigenvalue weighted by atomic mass is 35.5. The predicted octanol–water partition coefficient (Wildman–Crippen LogP) is 1.18.